The molecule has 1 aliphatic rings. The zero-order valence-corrected chi connectivity index (χ0v) is 12.0. The van der Waals surface area contributed by atoms with Crippen molar-refractivity contribution in [1.29, 1.82) is 0 Å². The summed E-state index contributed by atoms with van der Waals surface area (Å²) in [6.07, 6.45) is 3.01. The minimum Gasteiger partial charge on any atom is -0.351 e. The maximum Gasteiger partial charge on any atom is 0.237 e. The summed E-state index contributed by atoms with van der Waals surface area (Å²) in [6, 6.07) is 10.2. The van der Waals surface area contributed by atoms with Crippen LogP contribution in [0.15, 0.2) is 30.3 Å². The zero-order chi connectivity index (χ0) is 12.1. The molecule has 1 amide bonds. The number of hydrogen-bond acceptors (Lipinski definition) is 3. The van der Waals surface area contributed by atoms with Crippen molar-refractivity contribution in [2.45, 2.75) is 17.7 Å². The third-order valence-electron chi connectivity index (χ3n) is 2.98. The molecule has 0 bridgehead atoms. The number of halogens is 1. The van der Waals surface area contributed by atoms with E-state index < -0.39 is 0 Å². The molecule has 2 N–H and O–H groups in total. The van der Waals surface area contributed by atoms with E-state index in [9.17, 15) is 4.79 Å². The first-order chi connectivity index (χ1) is 8.31. The lowest BCUT2D eigenvalue weighted by Crippen LogP contribution is -2.38. The largest absolute Gasteiger partial charge is 0.351 e. The molecule has 2 atom stereocenters. The number of carbonyl (C=O) groups is 1. The SMILES string of the molecule is CSC(C(=O)NC1CCNC1)c1ccccc1.Cl. The Kier molecular flexibility index (Phi) is 6.54. The fourth-order valence-corrected chi connectivity index (χ4v) is 2.79. The highest BCUT2D eigenvalue weighted by Crippen LogP contribution is 2.26. The molecule has 1 aromatic carbocycles. The first-order valence-electron chi connectivity index (χ1n) is 5.90. The second-order valence-corrected chi connectivity index (χ2v) is 5.17. The Balaban J connectivity index is 0.00000162. The first kappa shape index (κ1) is 15.3. The summed E-state index contributed by atoms with van der Waals surface area (Å²) in [5.41, 5.74) is 1.07. The lowest BCUT2D eigenvalue weighted by Gasteiger charge is -2.18. The number of amides is 1. The van der Waals surface area contributed by atoms with Gasteiger partial charge < -0.3 is 10.6 Å². The summed E-state index contributed by atoms with van der Waals surface area (Å²) >= 11 is 1.58. The molecule has 1 saturated heterocycles. The van der Waals surface area contributed by atoms with Crippen LogP contribution in [0.2, 0.25) is 0 Å². The van der Waals surface area contributed by atoms with Gasteiger partial charge in [-0.05, 0) is 24.8 Å². The highest BCUT2D eigenvalue weighted by atomic mass is 35.5. The van der Waals surface area contributed by atoms with Gasteiger partial charge in [-0.25, -0.2) is 0 Å². The minimum atomic E-state index is -0.100. The maximum atomic E-state index is 12.2. The van der Waals surface area contributed by atoms with E-state index in [-0.39, 0.29) is 23.6 Å². The monoisotopic (exact) mass is 286 g/mol. The second kappa shape index (κ2) is 7.67. The number of carbonyl (C=O) groups excluding carboxylic acids is 1. The Morgan fingerprint density at radius 1 is 1.44 bits per heavy atom. The van der Waals surface area contributed by atoms with Crippen molar-refractivity contribution < 1.29 is 4.79 Å². The van der Waals surface area contributed by atoms with Crippen LogP contribution < -0.4 is 10.6 Å². The van der Waals surface area contributed by atoms with Crippen molar-refractivity contribution in [3.8, 4) is 0 Å². The van der Waals surface area contributed by atoms with Crippen molar-refractivity contribution in [1.82, 2.24) is 10.6 Å². The average Bonchev–Trinajstić information content (AvgIpc) is 2.84. The van der Waals surface area contributed by atoms with Gasteiger partial charge in [0.1, 0.15) is 5.25 Å². The molecule has 100 valence electrons. The Morgan fingerprint density at radius 3 is 2.72 bits per heavy atom. The van der Waals surface area contributed by atoms with Crippen LogP contribution in [0, 0.1) is 0 Å². The van der Waals surface area contributed by atoms with Crippen molar-refractivity contribution >= 4 is 30.1 Å². The van der Waals surface area contributed by atoms with Gasteiger partial charge in [0.2, 0.25) is 5.91 Å². The van der Waals surface area contributed by atoms with Gasteiger partial charge in [0.05, 0.1) is 0 Å². The molecule has 0 spiro atoms. The van der Waals surface area contributed by atoms with E-state index in [0.29, 0.717) is 6.04 Å². The van der Waals surface area contributed by atoms with E-state index in [2.05, 4.69) is 10.6 Å². The molecule has 1 fully saturated rings. The van der Waals surface area contributed by atoms with Crippen molar-refractivity contribution in [3.63, 3.8) is 0 Å². The lowest BCUT2D eigenvalue weighted by atomic mass is 10.1. The molecular weight excluding hydrogens is 268 g/mol. The van der Waals surface area contributed by atoms with Gasteiger partial charge in [-0.3, -0.25) is 4.79 Å². The number of rotatable bonds is 4. The predicted octanol–water partition coefficient (Wildman–Crippen LogP) is 1.99. The summed E-state index contributed by atoms with van der Waals surface area (Å²) in [5, 5.41) is 6.26. The molecular formula is C13H19ClN2OS. The number of benzene rings is 1. The summed E-state index contributed by atoms with van der Waals surface area (Å²) in [6.45, 7) is 1.89. The van der Waals surface area contributed by atoms with E-state index in [1.807, 2.05) is 36.6 Å². The third kappa shape index (κ3) is 3.90. The van der Waals surface area contributed by atoms with Crippen molar-refractivity contribution in [2.75, 3.05) is 19.3 Å². The predicted molar refractivity (Wildman–Crippen MR) is 79.4 cm³/mol. The number of hydrogen-bond donors (Lipinski definition) is 2. The van der Waals surface area contributed by atoms with Gasteiger partial charge >= 0.3 is 0 Å². The Hall–Kier alpha value is -0.710. The number of thioether (sulfide) groups is 1. The standard InChI is InChI=1S/C13H18N2OS.ClH/c1-17-12(10-5-3-2-4-6-10)13(16)15-11-7-8-14-9-11;/h2-6,11-12,14H,7-9H2,1H3,(H,15,16);1H. The normalized spacial score (nSPS) is 19.9. The summed E-state index contributed by atoms with van der Waals surface area (Å²) < 4.78 is 0. The molecule has 0 aromatic heterocycles. The molecule has 5 heteroatoms. The smallest absolute Gasteiger partial charge is 0.237 e. The van der Waals surface area contributed by atoms with Gasteiger partial charge in [-0.2, -0.15) is 0 Å². The zero-order valence-electron chi connectivity index (χ0n) is 10.4. The van der Waals surface area contributed by atoms with Gasteiger partial charge in [-0.15, -0.1) is 24.2 Å². The topological polar surface area (TPSA) is 41.1 Å². The maximum absolute atomic E-state index is 12.2. The molecule has 1 aromatic rings. The van der Waals surface area contributed by atoms with Crippen LogP contribution in [0.5, 0.6) is 0 Å². The summed E-state index contributed by atoms with van der Waals surface area (Å²) in [7, 11) is 0. The van der Waals surface area contributed by atoms with Crippen LogP contribution in [-0.2, 0) is 4.79 Å². The molecule has 0 radical (unpaired) electrons. The van der Waals surface area contributed by atoms with E-state index in [1.54, 1.807) is 11.8 Å². The minimum absolute atomic E-state index is 0. The van der Waals surface area contributed by atoms with E-state index in [4.69, 9.17) is 0 Å². The van der Waals surface area contributed by atoms with Gasteiger partial charge in [0.25, 0.3) is 0 Å². The molecule has 18 heavy (non-hydrogen) atoms. The van der Waals surface area contributed by atoms with Crippen LogP contribution in [0.3, 0.4) is 0 Å². The highest BCUT2D eigenvalue weighted by Gasteiger charge is 2.23. The quantitative estimate of drug-likeness (QED) is 0.889. The molecule has 2 unspecified atom stereocenters. The lowest BCUT2D eigenvalue weighted by molar-refractivity contribution is -0.121. The Labute approximate surface area is 119 Å². The van der Waals surface area contributed by atoms with Crippen LogP contribution in [0.1, 0.15) is 17.2 Å². The van der Waals surface area contributed by atoms with E-state index in [0.717, 1.165) is 25.1 Å². The molecule has 2 rings (SSSR count). The number of nitrogens with one attached hydrogen (secondary N) is 2. The summed E-state index contributed by atoms with van der Waals surface area (Å²) in [4.78, 5) is 12.2. The molecule has 1 heterocycles. The fourth-order valence-electron chi connectivity index (χ4n) is 2.08. The molecule has 0 aliphatic carbocycles. The van der Waals surface area contributed by atoms with Crippen LogP contribution in [0.25, 0.3) is 0 Å². The Bertz CT molecular complexity index is 369. The third-order valence-corrected chi connectivity index (χ3v) is 3.94. The summed E-state index contributed by atoms with van der Waals surface area (Å²) in [5.74, 6) is 0.123. The van der Waals surface area contributed by atoms with Crippen molar-refractivity contribution in [3.05, 3.63) is 35.9 Å². The van der Waals surface area contributed by atoms with E-state index in [1.165, 1.54) is 0 Å². The molecule has 3 nitrogen and oxygen atoms in total. The van der Waals surface area contributed by atoms with Crippen molar-refractivity contribution in [2.24, 2.45) is 0 Å². The second-order valence-electron chi connectivity index (χ2n) is 4.22. The Morgan fingerprint density at radius 2 is 2.17 bits per heavy atom. The first-order valence-corrected chi connectivity index (χ1v) is 7.19. The van der Waals surface area contributed by atoms with Gasteiger partial charge in [0, 0.05) is 12.6 Å². The molecule has 1 aliphatic heterocycles. The van der Waals surface area contributed by atoms with Crippen LogP contribution in [0.4, 0.5) is 0 Å². The van der Waals surface area contributed by atoms with Gasteiger partial charge in [-0.1, -0.05) is 30.3 Å². The fraction of sp³-hybridized carbons (Fsp3) is 0.462. The van der Waals surface area contributed by atoms with Gasteiger partial charge in [0.15, 0.2) is 0 Å². The van der Waals surface area contributed by atoms with E-state index >= 15 is 0 Å². The molecule has 0 saturated carbocycles. The van der Waals surface area contributed by atoms with Crippen LogP contribution in [-0.4, -0.2) is 31.3 Å². The van der Waals surface area contributed by atoms with Crippen LogP contribution >= 0.6 is 24.2 Å². The average molecular weight is 287 g/mol. The highest BCUT2D eigenvalue weighted by molar-refractivity contribution is 7.99.